The summed E-state index contributed by atoms with van der Waals surface area (Å²) in [5, 5.41) is 0. The van der Waals surface area contributed by atoms with Crippen LogP contribution in [-0.2, 0) is 27.7 Å². The summed E-state index contributed by atoms with van der Waals surface area (Å²) in [5.74, 6) is 4.43. The molecular weight excluding hydrogens is 459 g/mol. The molecule has 0 aliphatic rings. The second-order valence-electron chi connectivity index (χ2n) is 8.54. The molecule has 0 spiro atoms. The van der Waals surface area contributed by atoms with Gasteiger partial charge in [0.1, 0.15) is 0 Å². The standard InChI is InChI=1S/C27H38Cl2O2S/c1-22(2)13-14-30-15-16-31-17-18-32-21-27(26-10-8-25(20-29)9-11-26)12-7-23-3-5-24(19-28)6-4-23/h3-6,8-11,22,27H,7,12-21H2,1-2H3. The van der Waals surface area contributed by atoms with Gasteiger partial charge in [0.25, 0.3) is 0 Å². The van der Waals surface area contributed by atoms with Gasteiger partial charge in [0.05, 0.1) is 19.8 Å². The fourth-order valence-corrected chi connectivity index (χ4v) is 4.75. The molecule has 0 bridgehead atoms. The summed E-state index contributed by atoms with van der Waals surface area (Å²) in [4.78, 5) is 0. The molecule has 178 valence electrons. The lowest BCUT2D eigenvalue weighted by Gasteiger charge is -2.18. The van der Waals surface area contributed by atoms with Crippen LogP contribution in [0.5, 0.6) is 0 Å². The second-order valence-corrected chi connectivity index (χ2v) is 10.2. The predicted molar refractivity (Wildman–Crippen MR) is 141 cm³/mol. The topological polar surface area (TPSA) is 18.5 Å². The quantitative estimate of drug-likeness (QED) is 0.165. The number of hydrogen-bond donors (Lipinski definition) is 0. The van der Waals surface area contributed by atoms with Crippen molar-refractivity contribution in [3.05, 3.63) is 70.8 Å². The van der Waals surface area contributed by atoms with Gasteiger partial charge in [-0.25, -0.2) is 0 Å². The fraction of sp³-hybridized carbons (Fsp3) is 0.556. The zero-order valence-corrected chi connectivity index (χ0v) is 21.9. The van der Waals surface area contributed by atoms with Crippen LogP contribution in [0, 0.1) is 5.92 Å². The van der Waals surface area contributed by atoms with E-state index in [2.05, 4.69) is 62.4 Å². The third-order valence-electron chi connectivity index (χ3n) is 5.47. The first-order chi connectivity index (χ1) is 15.6. The number of halogens is 2. The van der Waals surface area contributed by atoms with Crippen LogP contribution in [-0.4, -0.2) is 37.9 Å². The zero-order chi connectivity index (χ0) is 23.0. The number of thioether (sulfide) groups is 1. The molecule has 2 nitrogen and oxygen atoms in total. The van der Waals surface area contributed by atoms with Crippen LogP contribution in [0.3, 0.4) is 0 Å². The normalized spacial score (nSPS) is 12.4. The van der Waals surface area contributed by atoms with Crippen LogP contribution in [0.25, 0.3) is 0 Å². The molecule has 0 N–H and O–H groups in total. The SMILES string of the molecule is CC(C)CCOCCOCCSCC(CCc1ccc(CCl)cc1)c1ccc(CCl)cc1. The second kappa shape index (κ2) is 16.8. The minimum absolute atomic E-state index is 0.511. The minimum Gasteiger partial charge on any atom is -0.379 e. The highest BCUT2D eigenvalue weighted by Gasteiger charge is 2.12. The lowest BCUT2D eigenvalue weighted by molar-refractivity contribution is 0.0497. The minimum atomic E-state index is 0.511. The Hall–Kier alpha value is -0.710. The lowest BCUT2D eigenvalue weighted by atomic mass is 9.93. The first kappa shape index (κ1) is 27.5. The molecule has 2 aromatic rings. The van der Waals surface area contributed by atoms with E-state index in [0.29, 0.717) is 36.8 Å². The molecule has 0 aliphatic carbocycles. The average Bonchev–Trinajstić information content (AvgIpc) is 2.82. The summed E-state index contributed by atoms with van der Waals surface area (Å²) in [5.41, 5.74) is 5.10. The highest BCUT2D eigenvalue weighted by molar-refractivity contribution is 7.99. The van der Waals surface area contributed by atoms with E-state index in [1.165, 1.54) is 22.3 Å². The molecule has 0 saturated heterocycles. The van der Waals surface area contributed by atoms with E-state index >= 15 is 0 Å². The van der Waals surface area contributed by atoms with E-state index in [-0.39, 0.29) is 0 Å². The Balaban J connectivity index is 1.75. The predicted octanol–water partition coefficient (Wildman–Crippen LogP) is 7.69. The van der Waals surface area contributed by atoms with Crippen molar-refractivity contribution in [3.8, 4) is 0 Å². The Morgan fingerprint density at radius 2 is 1.28 bits per heavy atom. The van der Waals surface area contributed by atoms with Crippen LogP contribution >= 0.6 is 35.0 Å². The number of alkyl halides is 2. The van der Waals surface area contributed by atoms with Gasteiger partial charge in [-0.1, -0.05) is 62.4 Å². The van der Waals surface area contributed by atoms with Crippen molar-refractivity contribution in [1.82, 2.24) is 0 Å². The molecule has 5 heteroatoms. The van der Waals surface area contributed by atoms with Crippen LogP contribution < -0.4 is 0 Å². The molecule has 1 atom stereocenters. The van der Waals surface area contributed by atoms with Crippen molar-refractivity contribution in [2.24, 2.45) is 5.92 Å². The van der Waals surface area contributed by atoms with Gasteiger partial charge in [-0.2, -0.15) is 11.8 Å². The van der Waals surface area contributed by atoms with E-state index in [4.69, 9.17) is 32.7 Å². The molecule has 2 aromatic carbocycles. The van der Waals surface area contributed by atoms with Gasteiger partial charge in [0, 0.05) is 29.9 Å². The third kappa shape index (κ3) is 11.4. The van der Waals surface area contributed by atoms with E-state index in [1.807, 2.05) is 11.8 Å². The average molecular weight is 498 g/mol. The van der Waals surface area contributed by atoms with Crippen molar-refractivity contribution in [3.63, 3.8) is 0 Å². The van der Waals surface area contributed by atoms with Crippen molar-refractivity contribution < 1.29 is 9.47 Å². The zero-order valence-electron chi connectivity index (χ0n) is 19.5. The molecule has 0 aromatic heterocycles. The molecule has 0 radical (unpaired) electrons. The summed E-state index contributed by atoms with van der Waals surface area (Å²) in [7, 11) is 0. The number of rotatable bonds is 17. The van der Waals surface area contributed by atoms with E-state index in [1.54, 1.807) is 0 Å². The van der Waals surface area contributed by atoms with E-state index in [9.17, 15) is 0 Å². The largest absolute Gasteiger partial charge is 0.379 e. The van der Waals surface area contributed by atoms with Gasteiger partial charge in [-0.05, 0) is 53.4 Å². The van der Waals surface area contributed by atoms with Gasteiger partial charge in [0.2, 0.25) is 0 Å². The highest BCUT2D eigenvalue weighted by Crippen LogP contribution is 2.27. The Labute approximate surface area is 209 Å². The van der Waals surface area contributed by atoms with Gasteiger partial charge >= 0.3 is 0 Å². The highest BCUT2D eigenvalue weighted by atomic mass is 35.5. The van der Waals surface area contributed by atoms with Crippen molar-refractivity contribution >= 4 is 35.0 Å². The molecular formula is C27H38Cl2O2S. The van der Waals surface area contributed by atoms with Gasteiger partial charge < -0.3 is 9.47 Å². The third-order valence-corrected chi connectivity index (χ3v) is 7.18. The van der Waals surface area contributed by atoms with E-state index in [0.717, 1.165) is 44.0 Å². The molecule has 0 aliphatic heterocycles. The first-order valence-corrected chi connectivity index (χ1v) is 13.9. The molecule has 2 rings (SSSR count). The smallest absolute Gasteiger partial charge is 0.0700 e. The fourth-order valence-electron chi connectivity index (χ4n) is 3.35. The molecule has 0 amide bonds. The van der Waals surface area contributed by atoms with Gasteiger partial charge in [-0.3, -0.25) is 0 Å². The number of benzene rings is 2. The maximum Gasteiger partial charge on any atom is 0.0700 e. The molecule has 32 heavy (non-hydrogen) atoms. The summed E-state index contributed by atoms with van der Waals surface area (Å²) >= 11 is 13.9. The van der Waals surface area contributed by atoms with Crippen LogP contribution in [0.2, 0.25) is 0 Å². The van der Waals surface area contributed by atoms with Crippen molar-refractivity contribution in [2.45, 2.75) is 50.8 Å². The van der Waals surface area contributed by atoms with Crippen LogP contribution in [0.4, 0.5) is 0 Å². The van der Waals surface area contributed by atoms with Crippen LogP contribution in [0.1, 0.15) is 54.9 Å². The summed E-state index contributed by atoms with van der Waals surface area (Å²) < 4.78 is 11.3. The number of ether oxygens (including phenoxy) is 2. The Kier molecular flexibility index (Phi) is 14.5. The first-order valence-electron chi connectivity index (χ1n) is 11.6. The summed E-state index contributed by atoms with van der Waals surface area (Å²) in [6.45, 7) is 7.40. The van der Waals surface area contributed by atoms with Crippen molar-refractivity contribution in [2.75, 3.05) is 37.9 Å². The van der Waals surface area contributed by atoms with Crippen molar-refractivity contribution in [1.29, 1.82) is 0 Å². The Bertz CT molecular complexity index is 719. The maximum absolute atomic E-state index is 5.97. The number of aryl methyl sites for hydroxylation is 1. The van der Waals surface area contributed by atoms with Crippen LogP contribution in [0.15, 0.2) is 48.5 Å². The Morgan fingerprint density at radius 1 is 0.719 bits per heavy atom. The van der Waals surface area contributed by atoms with Gasteiger partial charge in [0.15, 0.2) is 0 Å². The van der Waals surface area contributed by atoms with E-state index < -0.39 is 0 Å². The summed E-state index contributed by atoms with van der Waals surface area (Å²) in [6, 6.07) is 17.5. The van der Waals surface area contributed by atoms with Gasteiger partial charge in [-0.15, -0.1) is 23.2 Å². The lowest BCUT2D eigenvalue weighted by Crippen LogP contribution is -2.09. The summed E-state index contributed by atoms with van der Waals surface area (Å²) in [6.07, 6.45) is 3.30. The Morgan fingerprint density at radius 3 is 1.88 bits per heavy atom. The molecule has 1 unspecified atom stereocenters. The number of hydrogen-bond acceptors (Lipinski definition) is 3. The monoisotopic (exact) mass is 496 g/mol. The molecule has 0 heterocycles. The maximum atomic E-state index is 5.97. The molecule has 0 fully saturated rings. The molecule has 0 saturated carbocycles.